The maximum absolute atomic E-state index is 5.33. The monoisotopic (exact) mass is 306 g/mol. The van der Waals surface area contributed by atoms with Gasteiger partial charge in [-0.2, -0.15) is 6.07 Å². The van der Waals surface area contributed by atoms with Gasteiger partial charge in [-0.3, -0.25) is 9.97 Å². The molecule has 1 heterocycles. The standard InChI is InChI=1S/C13H17N2O.Y/c1-9-8-10(2)15-13(14-9)11-4-6-12(16-3)7-5-11;/h4,8,12H,1,5-7H2,2-3H3;/q-1;. The molecule has 1 aromatic rings. The van der Waals surface area contributed by atoms with Crippen LogP contribution < -0.4 is 0 Å². The number of methoxy groups -OCH3 is 1. The first kappa shape index (κ1) is 14.8. The molecule has 3 nitrogen and oxygen atoms in total. The van der Waals surface area contributed by atoms with Crippen molar-refractivity contribution in [2.24, 2.45) is 0 Å². The van der Waals surface area contributed by atoms with Crippen molar-refractivity contribution >= 4 is 5.57 Å². The van der Waals surface area contributed by atoms with E-state index in [0.717, 1.165) is 36.5 Å². The van der Waals surface area contributed by atoms with Gasteiger partial charge in [-0.15, -0.1) is 0 Å². The molecule has 0 saturated carbocycles. The van der Waals surface area contributed by atoms with E-state index in [0.29, 0.717) is 6.10 Å². The third-order valence-corrected chi connectivity index (χ3v) is 2.89. The van der Waals surface area contributed by atoms with Gasteiger partial charge in [-0.05, 0) is 37.5 Å². The summed E-state index contributed by atoms with van der Waals surface area (Å²) >= 11 is 0. The van der Waals surface area contributed by atoms with Crippen LogP contribution in [0.15, 0.2) is 12.1 Å². The van der Waals surface area contributed by atoms with Crippen molar-refractivity contribution < 1.29 is 37.4 Å². The molecule has 0 aromatic carbocycles. The maximum Gasteiger partial charge on any atom is 0.150 e. The smallest absolute Gasteiger partial charge is 0.150 e. The summed E-state index contributed by atoms with van der Waals surface area (Å²) in [5, 5.41) is 0. The third-order valence-electron chi connectivity index (χ3n) is 2.89. The van der Waals surface area contributed by atoms with Crippen LogP contribution in [0, 0.1) is 13.8 Å². The van der Waals surface area contributed by atoms with Gasteiger partial charge in [0, 0.05) is 39.8 Å². The number of hydrogen-bond acceptors (Lipinski definition) is 3. The van der Waals surface area contributed by atoms with E-state index in [9.17, 15) is 0 Å². The summed E-state index contributed by atoms with van der Waals surface area (Å²) in [4.78, 5) is 8.83. The van der Waals surface area contributed by atoms with E-state index in [1.165, 1.54) is 5.57 Å². The normalized spacial score (nSPS) is 19.4. The molecule has 0 aliphatic heterocycles. The quantitative estimate of drug-likeness (QED) is 0.788. The van der Waals surface area contributed by atoms with Crippen molar-refractivity contribution in [3.8, 4) is 0 Å². The van der Waals surface area contributed by atoms with Gasteiger partial charge in [0.05, 0.1) is 6.10 Å². The van der Waals surface area contributed by atoms with E-state index in [2.05, 4.69) is 23.0 Å². The fraction of sp³-hybridized carbons (Fsp3) is 0.462. The molecule has 0 fully saturated rings. The van der Waals surface area contributed by atoms with Crippen LogP contribution in [0.25, 0.3) is 5.57 Å². The van der Waals surface area contributed by atoms with Gasteiger partial charge >= 0.3 is 0 Å². The van der Waals surface area contributed by atoms with Crippen LogP contribution in [0.4, 0.5) is 0 Å². The maximum atomic E-state index is 5.33. The van der Waals surface area contributed by atoms with E-state index in [1.54, 1.807) is 7.11 Å². The Hall–Kier alpha value is -0.246. The van der Waals surface area contributed by atoms with Crippen molar-refractivity contribution in [1.29, 1.82) is 0 Å². The molecule has 89 valence electrons. The van der Waals surface area contributed by atoms with Crippen molar-refractivity contribution in [3.63, 3.8) is 0 Å². The Bertz CT molecular complexity index is 398. The predicted molar refractivity (Wildman–Crippen MR) is 63.9 cm³/mol. The number of allylic oxidation sites excluding steroid dienone is 1. The van der Waals surface area contributed by atoms with E-state index < -0.39 is 0 Å². The Morgan fingerprint density at radius 3 is 2.71 bits per heavy atom. The van der Waals surface area contributed by atoms with Gasteiger partial charge in [0.15, 0.2) is 5.82 Å². The molecular formula is C13H17N2OY-. The topological polar surface area (TPSA) is 35.0 Å². The summed E-state index contributed by atoms with van der Waals surface area (Å²) in [5.41, 5.74) is 2.99. The molecule has 0 spiro atoms. The zero-order valence-corrected chi connectivity index (χ0v) is 13.3. The number of aryl methyl sites for hydroxylation is 1. The van der Waals surface area contributed by atoms with Gasteiger partial charge in [-0.1, -0.05) is 11.8 Å². The van der Waals surface area contributed by atoms with E-state index >= 15 is 0 Å². The fourth-order valence-electron chi connectivity index (χ4n) is 2.00. The molecule has 1 radical (unpaired) electrons. The van der Waals surface area contributed by atoms with Crippen LogP contribution in [0.3, 0.4) is 0 Å². The third kappa shape index (κ3) is 3.87. The minimum Gasteiger partial charge on any atom is -0.381 e. The Morgan fingerprint density at radius 1 is 1.41 bits per heavy atom. The average molecular weight is 306 g/mol. The second-order valence-electron chi connectivity index (χ2n) is 4.19. The average Bonchev–Trinajstić information content (AvgIpc) is 2.28. The van der Waals surface area contributed by atoms with Crippen molar-refractivity contribution in [1.82, 2.24) is 9.97 Å². The van der Waals surface area contributed by atoms with Crippen LogP contribution in [-0.2, 0) is 37.4 Å². The van der Waals surface area contributed by atoms with Crippen molar-refractivity contribution in [2.45, 2.75) is 32.3 Å². The van der Waals surface area contributed by atoms with Crippen LogP contribution in [0.2, 0.25) is 0 Å². The summed E-state index contributed by atoms with van der Waals surface area (Å²) in [5.74, 6) is 0.833. The zero-order chi connectivity index (χ0) is 11.5. The molecule has 0 amide bonds. The number of hydrogen-bond donors (Lipinski definition) is 0. The molecule has 1 aromatic heterocycles. The molecule has 1 aliphatic rings. The van der Waals surface area contributed by atoms with Gasteiger partial charge in [0.1, 0.15) is 0 Å². The first-order valence-corrected chi connectivity index (χ1v) is 5.59. The Labute approximate surface area is 128 Å². The van der Waals surface area contributed by atoms with Gasteiger partial charge < -0.3 is 4.74 Å². The van der Waals surface area contributed by atoms with Crippen LogP contribution in [0.1, 0.15) is 36.5 Å². The van der Waals surface area contributed by atoms with Gasteiger partial charge in [0.25, 0.3) is 0 Å². The second-order valence-corrected chi connectivity index (χ2v) is 4.19. The molecule has 4 heteroatoms. The minimum atomic E-state index is 0. The largest absolute Gasteiger partial charge is 0.381 e. The molecule has 1 aliphatic carbocycles. The van der Waals surface area contributed by atoms with Crippen molar-refractivity contribution in [2.75, 3.05) is 7.11 Å². The minimum absolute atomic E-state index is 0. The Balaban J connectivity index is 0.00000144. The molecule has 2 rings (SSSR count). The van der Waals surface area contributed by atoms with Crippen LogP contribution in [-0.4, -0.2) is 23.2 Å². The first-order chi connectivity index (χ1) is 7.69. The van der Waals surface area contributed by atoms with E-state index in [4.69, 9.17) is 4.74 Å². The zero-order valence-electron chi connectivity index (χ0n) is 10.4. The van der Waals surface area contributed by atoms with Gasteiger partial charge in [-0.25, -0.2) is 6.92 Å². The number of ether oxygens (including phenoxy) is 1. The number of nitrogens with zero attached hydrogens (tertiary/aromatic N) is 2. The van der Waals surface area contributed by atoms with E-state index in [1.807, 2.05) is 13.0 Å². The summed E-state index contributed by atoms with van der Waals surface area (Å²) < 4.78 is 5.33. The van der Waals surface area contributed by atoms with E-state index in [-0.39, 0.29) is 32.7 Å². The van der Waals surface area contributed by atoms with Gasteiger partial charge in [0.2, 0.25) is 0 Å². The molecule has 1 atom stereocenters. The number of rotatable bonds is 2. The van der Waals surface area contributed by atoms with Crippen molar-refractivity contribution in [3.05, 3.63) is 36.3 Å². The molecule has 17 heavy (non-hydrogen) atoms. The Morgan fingerprint density at radius 2 is 2.18 bits per heavy atom. The number of aromatic nitrogens is 2. The molecule has 0 N–H and O–H groups in total. The molecule has 0 saturated heterocycles. The molecule has 0 bridgehead atoms. The second kappa shape index (κ2) is 6.62. The summed E-state index contributed by atoms with van der Waals surface area (Å²) in [6.07, 6.45) is 5.53. The van der Waals surface area contributed by atoms with Crippen LogP contribution >= 0.6 is 0 Å². The first-order valence-electron chi connectivity index (χ1n) is 5.59. The molecular weight excluding hydrogens is 289 g/mol. The summed E-state index contributed by atoms with van der Waals surface area (Å²) in [6, 6.07) is 1.89. The molecule has 1 unspecified atom stereocenters. The fourth-order valence-corrected chi connectivity index (χ4v) is 2.00. The Kier molecular flexibility index (Phi) is 5.77. The summed E-state index contributed by atoms with van der Waals surface area (Å²) in [6.45, 7) is 5.84. The summed E-state index contributed by atoms with van der Waals surface area (Å²) in [7, 11) is 1.76. The SMILES string of the molecule is [CH2-]c1cc(C)nc(C2=CCC(OC)CC2)n1.[Y]. The van der Waals surface area contributed by atoms with Crippen LogP contribution in [0.5, 0.6) is 0 Å². The predicted octanol–water partition coefficient (Wildman–Crippen LogP) is 2.55.